The van der Waals surface area contributed by atoms with E-state index in [1.165, 1.54) is 4.90 Å². The first-order valence-electron chi connectivity index (χ1n) is 14.7. The van der Waals surface area contributed by atoms with Crippen molar-refractivity contribution in [3.63, 3.8) is 0 Å². The summed E-state index contributed by atoms with van der Waals surface area (Å²) in [6, 6.07) is 39.0. The van der Waals surface area contributed by atoms with E-state index < -0.39 is 32.5 Å². The van der Waals surface area contributed by atoms with Crippen LogP contribution in [0.5, 0.6) is 0 Å². The van der Waals surface area contributed by atoms with Crippen LogP contribution in [0, 0.1) is 0 Å². The molecular weight excluding hydrogens is 554 g/mol. The zero-order chi connectivity index (χ0) is 30.3. The lowest BCUT2D eigenvalue weighted by Gasteiger charge is -2.44. The quantitative estimate of drug-likeness (QED) is 0.174. The normalized spacial score (nSPS) is 17.0. The summed E-state index contributed by atoms with van der Waals surface area (Å²) in [5, 5.41) is 2.03. The Hall–Kier alpha value is -4.20. The molecule has 0 aliphatic carbocycles. The van der Waals surface area contributed by atoms with E-state index in [2.05, 4.69) is 45.0 Å². The summed E-state index contributed by atoms with van der Waals surface area (Å²) in [5.41, 5.74) is 1.76. The highest BCUT2D eigenvalue weighted by molar-refractivity contribution is 6.99. The fraction of sp³-hybridized carbons (Fsp3) is 0.278. The molecule has 222 valence electrons. The molecule has 1 aliphatic heterocycles. The van der Waals surface area contributed by atoms with Gasteiger partial charge < -0.3 is 13.9 Å². The Morgan fingerprint density at radius 2 is 1.14 bits per heavy atom. The van der Waals surface area contributed by atoms with Crippen molar-refractivity contribution in [3.05, 3.63) is 132 Å². The van der Waals surface area contributed by atoms with E-state index >= 15 is 0 Å². The number of carbonyl (C=O) groups excluding carboxylic acids is 2. The Morgan fingerprint density at radius 3 is 1.60 bits per heavy atom. The van der Waals surface area contributed by atoms with Gasteiger partial charge in [-0.1, -0.05) is 142 Å². The van der Waals surface area contributed by atoms with E-state index in [0.717, 1.165) is 21.5 Å². The predicted octanol–water partition coefficient (Wildman–Crippen LogP) is 6.09. The van der Waals surface area contributed by atoms with Gasteiger partial charge in [0.05, 0.1) is 6.10 Å². The fourth-order valence-corrected chi connectivity index (χ4v) is 10.6. The van der Waals surface area contributed by atoms with Gasteiger partial charge >= 0.3 is 12.1 Å². The van der Waals surface area contributed by atoms with Gasteiger partial charge in [-0.2, -0.15) is 0 Å². The zero-order valence-electron chi connectivity index (χ0n) is 25.0. The van der Waals surface area contributed by atoms with E-state index in [-0.39, 0.29) is 24.8 Å². The number of rotatable bonds is 9. The van der Waals surface area contributed by atoms with Crippen molar-refractivity contribution in [1.82, 2.24) is 4.90 Å². The van der Waals surface area contributed by atoms with Crippen LogP contribution < -0.4 is 10.4 Å². The molecule has 0 saturated carbocycles. The van der Waals surface area contributed by atoms with Gasteiger partial charge in [0.2, 0.25) is 0 Å². The van der Waals surface area contributed by atoms with Crippen molar-refractivity contribution in [3.8, 4) is 0 Å². The predicted molar refractivity (Wildman–Crippen MR) is 170 cm³/mol. The van der Waals surface area contributed by atoms with Crippen molar-refractivity contribution in [2.45, 2.75) is 57.6 Å². The smallest absolute Gasteiger partial charge is 0.410 e. The largest absolute Gasteiger partial charge is 0.459 e. The van der Waals surface area contributed by atoms with E-state index in [0.29, 0.717) is 6.42 Å². The standard InChI is InChI=1S/C36H39NO5Si/c1-36(2,3)43(31-20-12-6-13-21-31,32-22-14-7-15-23-32)42-30-24-33(34(38)40-26-28-16-8-4-9-17-28)37(25-30)35(39)41-27-29-18-10-5-11-19-29/h4-23,30,33H,24-27H2,1-3H3/t30-,33+/m1/s1. The molecule has 1 fully saturated rings. The molecule has 5 rings (SSSR count). The third kappa shape index (κ3) is 6.90. The molecule has 43 heavy (non-hydrogen) atoms. The highest BCUT2D eigenvalue weighted by Crippen LogP contribution is 2.39. The summed E-state index contributed by atoms with van der Waals surface area (Å²) in [5.74, 6) is -0.464. The average Bonchev–Trinajstić information content (AvgIpc) is 3.46. The highest BCUT2D eigenvalue weighted by atomic mass is 28.4. The number of carbonyl (C=O) groups is 2. The number of hydrogen-bond donors (Lipinski definition) is 0. The molecule has 4 aromatic rings. The van der Waals surface area contributed by atoms with E-state index in [9.17, 15) is 9.59 Å². The molecule has 2 atom stereocenters. The second-order valence-electron chi connectivity index (χ2n) is 11.9. The molecule has 0 spiro atoms. The van der Waals surface area contributed by atoms with Gasteiger partial charge in [-0.25, -0.2) is 9.59 Å². The minimum Gasteiger partial charge on any atom is -0.459 e. The maximum atomic E-state index is 13.5. The number of amides is 1. The first-order valence-corrected chi connectivity index (χ1v) is 16.7. The molecule has 1 amide bonds. The molecular formula is C36H39NO5Si. The van der Waals surface area contributed by atoms with Gasteiger partial charge in [-0.3, -0.25) is 4.90 Å². The molecule has 1 aliphatic rings. The topological polar surface area (TPSA) is 65.1 Å². The monoisotopic (exact) mass is 593 g/mol. The number of benzene rings is 4. The van der Waals surface area contributed by atoms with Crippen molar-refractivity contribution in [2.24, 2.45) is 0 Å². The Labute approximate surface area is 255 Å². The number of hydrogen-bond acceptors (Lipinski definition) is 5. The average molecular weight is 594 g/mol. The molecule has 1 saturated heterocycles. The second kappa shape index (κ2) is 13.4. The summed E-state index contributed by atoms with van der Waals surface area (Å²) in [6.45, 7) is 7.11. The van der Waals surface area contributed by atoms with Crippen LogP contribution in [0.4, 0.5) is 4.79 Å². The minimum atomic E-state index is -2.92. The third-order valence-corrected chi connectivity index (χ3v) is 13.1. The number of ether oxygens (including phenoxy) is 2. The lowest BCUT2D eigenvalue weighted by Crippen LogP contribution is -2.67. The van der Waals surface area contributed by atoms with Gasteiger partial charge in [0.25, 0.3) is 8.32 Å². The number of esters is 1. The second-order valence-corrected chi connectivity index (χ2v) is 16.2. The summed E-state index contributed by atoms with van der Waals surface area (Å²) in [7, 11) is -2.92. The van der Waals surface area contributed by atoms with E-state index in [4.69, 9.17) is 13.9 Å². The highest BCUT2D eigenvalue weighted by Gasteiger charge is 2.54. The Morgan fingerprint density at radius 1 is 0.698 bits per heavy atom. The van der Waals surface area contributed by atoms with Crippen LogP contribution in [0.2, 0.25) is 5.04 Å². The van der Waals surface area contributed by atoms with Crippen LogP contribution in [0.3, 0.4) is 0 Å². The summed E-state index contributed by atoms with van der Waals surface area (Å²) in [6.07, 6.45) is -0.637. The SMILES string of the molecule is CC(C)(C)[Si](O[C@@H]1C[C@@H](C(=O)OCc2ccccc2)N(C(=O)OCc2ccccc2)C1)(c1ccccc1)c1ccccc1. The molecule has 1 heterocycles. The van der Waals surface area contributed by atoms with Gasteiger partial charge in [0.1, 0.15) is 19.3 Å². The number of likely N-dealkylation sites (tertiary alicyclic amines) is 1. The maximum Gasteiger partial charge on any atom is 0.410 e. The lowest BCUT2D eigenvalue weighted by molar-refractivity contribution is -0.149. The van der Waals surface area contributed by atoms with Crippen LogP contribution in [0.1, 0.15) is 38.3 Å². The van der Waals surface area contributed by atoms with Gasteiger partial charge in [-0.05, 0) is 26.5 Å². The van der Waals surface area contributed by atoms with E-state index in [1.54, 1.807) is 0 Å². The molecule has 0 radical (unpaired) electrons. The Bertz CT molecular complexity index is 1370. The summed E-state index contributed by atoms with van der Waals surface area (Å²) < 4.78 is 18.7. The molecule has 4 aromatic carbocycles. The van der Waals surface area contributed by atoms with Crippen molar-refractivity contribution in [1.29, 1.82) is 0 Å². The third-order valence-electron chi connectivity index (χ3n) is 7.96. The summed E-state index contributed by atoms with van der Waals surface area (Å²) >= 11 is 0. The molecule has 0 N–H and O–H groups in total. The maximum absolute atomic E-state index is 13.5. The molecule has 7 heteroatoms. The lowest BCUT2D eigenvalue weighted by atomic mass is 10.2. The zero-order valence-corrected chi connectivity index (χ0v) is 26.0. The van der Waals surface area contributed by atoms with Crippen LogP contribution in [0.25, 0.3) is 0 Å². The van der Waals surface area contributed by atoms with Crippen LogP contribution in [0.15, 0.2) is 121 Å². The molecule has 0 unspecified atom stereocenters. The van der Waals surface area contributed by atoms with Gasteiger partial charge in [0, 0.05) is 13.0 Å². The molecule has 0 bridgehead atoms. The summed E-state index contributed by atoms with van der Waals surface area (Å²) in [4.78, 5) is 28.5. The van der Waals surface area contributed by atoms with Crippen LogP contribution >= 0.6 is 0 Å². The van der Waals surface area contributed by atoms with Crippen LogP contribution in [-0.4, -0.2) is 44.0 Å². The first-order chi connectivity index (χ1) is 20.8. The van der Waals surface area contributed by atoms with Gasteiger partial charge in [-0.15, -0.1) is 0 Å². The van der Waals surface area contributed by atoms with E-state index in [1.807, 2.05) is 97.1 Å². The molecule has 6 nitrogen and oxygen atoms in total. The molecule has 0 aromatic heterocycles. The number of nitrogens with zero attached hydrogens (tertiary/aromatic N) is 1. The minimum absolute atomic E-state index is 0.113. The first kappa shape index (κ1) is 30.3. The van der Waals surface area contributed by atoms with Gasteiger partial charge in [0.15, 0.2) is 0 Å². The van der Waals surface area contributed by atoms with Crippen LogP contribution in [-0.2, 0) is 31.9 Å². The van der Waals surface area contributed by atoms with Crippen molar-refractivity contribution < 1.29 is 23.5 Å². The van der Waals surface area contributed by atoms with Crippen molar-refractivity contribution in [2.75, 3.05) is 6.54 Å². The van der Waals surface area contributed by atoms with Crippen molar-refractivity contribution >= 4 is 30.8 Å². The fourth-order valence-electron chi connectivity index (χ4n) is 5.88. The Kier molecular flexibility index (Phi) is 9.43. The Balaban J connectivity index is 1.44.